The quantitative estimate of drug-likeness (QED) is 0.893. The first-order valence-corrected chi connectivity index (χ1v) is 5.83. The summed E-state index contributed by atoms with van der Waals surface area (Å²) in [5, 5.41) is 5.95. The van der Waals surface area contributed by atoms with Crippen molar-refractivity contribution in [2.45, 2.75) is 13.0 Å². The number of thiazole rings is 1. The van der Waals surface area contributed by atoms with Crippen LogP contribution in [0.2, 0.25) is 5.02 Å². The molecule has 0 saturated heterocycles. The fraction of sp³-hybridized carbons (Fsp3) is 0.200. The van der Waals surface area contributed by atoms with Gasteiger partial charge in [-0.1, -0.05) is 11.6 Å². The molecule has 0 aliphatic heterocycles. The third kappa shape index (κ3) is 2.46. The normalized spacial score (nSPS) is 12.4. The third-order valence-corrected chi connectivity index (χ3v) is 2.97. The van der Waals surface area contributed by atoms with E-state index in [-0.39, 0.29) is 6.04 Å². The Morgan fingerprint density at radius 2 is 2.40 bits per heavy atom. The van der Waals surface area contributed by atoms with E-state index in [0.717, 1.165) is 11.4 Å². The highest BCUT2D eigenvalue weighted by atomic mass is 35.5. The largest absolute Gasteiger partial charge is 0.374 e. The van der Waals surface area contributed by atoms with Crippen LogP contribution >= 0.6 is 22.9 Å². The summed E-state index contributed by atoms with van der Waals surface area (Å²) in [5.74, 6) is 0. The molecule has 3 nitrogen and oxygen atoms in total. The van der Waals surface area contributed by atoms with Gasteiger partial charge in [-0.2, -0.15) is 0 Å². The molecule has 5 heteroatoms. The van der Waals surface area contributed by atoms with Gasteiger partial charge >= 0.3 is 0 Å². The molecular formula is C10H10ClN3S. The van der Waals surface area contributed by atoms with Gasteiger partial charge in [-0.25, -0.2) is 4.98 Å². The summed E-state index contributed by atoms with van der Waals surface area (Å²) in [6.45, 7) is 2.04. The molecule has 2 rings (SSSR count). The maximum Gasteiger partial charge on any atom is 0.0795 e. The first kappa shape index (κ1) is 10.4. The first-order valence-electron chi connectivity index (χ1n) is 4.51. The number of nitrogens with zero attached hydrogens (tertiary/aromatic N) is 2. The van der Waals surface area contributed by atoms with Gasteiger partial charge in [-0.3, -0.25) is 4.98 Å². The van der Waals surface area contributed by atoms with Gasteiger partial charge in [0.25, 0.3) is 0 Å². The van der Waals surface area contributed by atoms with Gasteiger partial charge in [0.1, 0.15) is 0 Å². The summed E-state index contributed by atoms with van der Waals surface area (Å²) in [4.78, 5) is 8.25. The van der Waals surface area contributed by atoms with Crippen LogP contribution in [0.15, 0.2) is 29.4 Å². The van der Waals surface area contributed by atoms with Crippen LogP contribution < -0.4 is 5.32 Å². The molecule has 78 valence electrons. The highest BCUT2D eigenvalue weighted by Gasteiger charge is 2.08. The molecule has 15 heavy (non-hydrogen) atoms. The predicted octanol–water partition coefficient (Wildman–Crippen LogP) is 3.36. The van der Waals surface area contributed by atoms with Crippen LogP contribution in [-0.4, -0.2) is 9.97 Å². The van der Waals surface area contributed by atoms with E-state index >= 15 is 0 Å². The standard InChI is InChI=1S/C10H10ClN3S/c1-7(10-5-15-6-13-10)14-9-4-12-3-2-8(9)11/h2-7,14H,1H3. The van der Waals surface area contributed by atoms with Crippen molar-refractivity contribution in [1.29, 1.82) is 0 Å². The Hall–Kier alpha value is -1.13. The number of aromatic nitrogens is 2. The SMILES string of the molecule is CC(Nc1cnccc1Cl)c1cscn1. The summed E-state index contributed by atoms with van der Waals surface area (Å²) < 4.78 is 0. The fourth-order valence-electron chi connectivity index (χ4n) is 1.23. The van der Waals surface area contributed by atoms with E-state index in [1.165, 1.54) is 0 Å². The first-order chi connectivity index (χ1) is 7.27. The molecule has 0 aliphatic rings. The van der Waals surface area contributed by atoms with E-state index < -0.39 is 0 Å². The van der Waals surface area contributed by atoms with Crippen LogP contribution in [0.1, 0.15) is 18.7 Å². The molecule has 0 amide bonds. The van der Waals surface area contributed by atoms with Crippen molar-refractivity contribution in [3.8, 4) is 0 Å². The highest BCUT2D eigenvalue weighted by Crippen LogP contribution is 2.24. The van der Waals surface area contributed by atoms with Gasteiger partial charge in [0, 0.05) is 11.6 Å². The summed E-state index contributed by atoms with van der Waals surface area (Å²) in [6.07, 6.45) is 3.38. The van der Waals surface area contributed by atoms with Crippen LogP contribution in [0, 0.1) is 0 Å². The van der Waals surface area contributed by atoms with Crippen molar-refractivity contribution >= 4 is 28.6 Å². The van der Waals surface area contributed by atoms with Gasteiger partial charge in [0.05, 0.1) is 34.2 Å². The average molecular weight is 240 g/mol. The Morgan fingerprint density at radius 1 is 1.53 bits per heavy atom. The molecule has 2 aromatic heterocycles. The van der Waals surface area contributed by atoms with E-state index in [1.807, 2.05) is 17.8 Å². The predicted molar refractivity (Wildman–Crippen MR) is 63.4 cm³/mol. The minimum atomic E-state index is 0.137. The third-order valence-electron chi connectivity index (χ3n) is 2.03. The number of nitrogens with one attached hydrogen (secondary N) is 1. The van der Waals surface area contributed by atoms with Crippen LogP contribution in [-0.2, 0) is 0 Å². The second kappa shape index (κ2) is 4.59. The van der Waals surface area contributed by atoms with Crippen LogP contribution in [0.4, 0.5) is 5.69 Å². The topological polar surface area (TPSA) is 37.8 Å². The molecule has 1 N–H and O–H groups in total. The smallest absolute Gasteiger partial charge is 0.0795 e. The molecule has 1 unspecified atom stereocenters. The van der Waals surface area contributed by atoms with Gasteiger partial charge in [-0.05, 0) is 13.0 Å². The zero-order valence-corrected chi connectivity index (χ0v) is 9.72. The minimum Gasteiger partial charge on any atom is -0.374 e. The minimum absolute atomic E-state index is 0.137. The Labute approximate surface area is 97.2 Å². The molecular weight excluding hydrogens is 230 g/mol. The highest BCUT2D eigenvalue weighted by molar-refractivity contribution is 7.07. The molecule has 0 radical (unpaired) electrons. The molecule has 2 aromatic rings. The molecule has 0 aromatic carbocycles. The van der Waals surface area contributed by atoms with Crippen molar-refractivity contribution < 1.29 is 0 Å². The molecule has 0 spiro atoms. The summed E-state index contributed by atoms with van der Waals surface area (Å²) >= 11 is 7.59. The number of halogens is 1. The molecule has 0 aliphatic carbocycles. The van der Waals surface area contributed by atoms with Gasteiger partial charge < -0.3 is 5.32 Å². The monoisotopic (exact) mass is 239 g/mol. The van der Waals surface area contributed by atoms with E-state index in [1.54, 1.807) is 29.8 Å². The summed E-state index contributed by atoms with van der Waals surface area (Å²) in [6, 6.07) is 1.90. The van der Waals surface area contributed by atoms with Crippen molar-refractivity contribution in [2.75, 3.05) is 5.32 Å². The molecule has 0 saturated carbocycles. The Morgan fingerprint density at radius 3 is 3.07 bits per heavy atom. The van der Waals surface area contributed by atoms with Crippen molar-refractivity contribution in [2.24, 2.45) is 0 Å². The summed E-state index contributed by atoms with van der Waals surface area (Å²) in [7, 11) is 0. The fourth-order valence-corrected chi connectivity index (χ4v) is 2.03. The number of anilines is 1. The number of hydrogen-bond acceptors (Lipinski definition) is 4. The molecule has 2 heterocycles. The second-order valence-corrected chi connectivity index (χ2v) is 4.26. The number of rotatable bonds is 3. The van der Waals surface area contributed by atoms with Gasteiger partial charge in [-0.15, -0.1) is 11.3 Å². The maximum atomic E-state index is 6.01. The zero-order valence-electron chi connectivity index (χ0n) is 8.14. The van der Waals surface area contributed by atoms with E-state index in [4.69, 9.17) is 11.6 Å². The lowest BCUT2D eigenvalue weighted by Crippen LogP contribution is -2.07. The Bertz CT molecular complexity index is 430. The van der Waals surface area contributed by atoms with E-state index in [9.17, 15) is 0 Å². The molecule has 0 fully saturated rings. The number of pyridine rings is 1. The van der Waals surface area contributed by atoms with E-state index in [2.05, 4.69) is 15.3 Å². The lowest BCUT2D eigenvalue weighted by atomic mass is 10.2. The van der Waals surface area contributed by atoms with Crippen LogP contribution in [0.3, 0.4) is 0 Å². The maximum absolute atomic E-state index is 6.01. The Kier molecular flexibility index (Phi) is 3.18. The van der Waals surface area contributed by atoms with Crippen molar-refractivity contribution in [1.82, 2.24) is 9.97 Å². The van der Waals surface area contributed by atoms with Crippen LogP contribution in [0.5, 0.6) is 0 Å². The zero-order chi connectivity index (χ0) is 10.7. The van der Waals surface area contributed by atoms with E-state index in [0.29, 0.717) is 5.02 Å². The summed E-state index contributed by atoms with van der Waals surface area (Å²) in [5.41, 5.74) is 3.66. The second-order valence-electron chi connectivity index (χ2n) is 3.13. The van der Waals surface area contributed by atoms with Crippen LogP contribution in [0.25, 0.3) is 0 Å². The lowest BCUT2D eigenvalue weighted by molar-refractivity contribution is 0.849. The van der Waals surface area contributed by atoms with Crippen molar-refractivity contribution in [3.05, 3.63) is 40.1 Å². The Balaban J connectivity index is 2.13. The number of hydrogen-bond donors (Lipinski definition) is 1. The molecule has 1 atom stereocenters. The molecule has 0 bridgehead atoms. The lowest BCUT2D eigenvalue weighted by Gasteiger charge is -2.13. The van der Waals surface area contributed by atoms with Crippen molar-refractivity contribution in [3.63, 3.8) is 0 Å². The van der Waals surface area contributed by atoms with Gasteiger partial charge in [0.15, 0.2) is 0 Å². The van der Waals surface area contributed by atoms with Gasteiger partial charge in [0.2, 0.25) is 0 Å². The average Bonchev–Trinajstić information content (AvgIpc) is 2.74.